The number of nitrogens with two attached hydrogens (primary N) is 1. The first-order valence-corrected chi connectivity index (χ1v) is 6.68. The van der Waals surface area contributed by atoms with Crippen LogP contribution in [0.5, 0.6) is 0 Å². The van der Waals surface area contributed by atoms with Gasteiger partial charge in [0.1, 0.15) is 30.0 Å². The Bertz CT molecular complexity index is 431. The van der Waals surface area contributed by atoms with E-state index in [-0.39, 0.29) is 6.42 Å². The van der Waals surface area contributed by atoms with Crippen molar-refractivity contribution in [1.82, 2.24) is 0 Å². The van der Waals surface area contributed by atoms with Gasteiger partial charge < -0.3 is 41.1 Å². The van der Waals surface area contributed by atoms with E-state index in [2.05, 4.69) is 0 Å². The van der Waals surface area contributed by atoms with Crippen LogP contribution in [-0.2, 0) is 14.3 Å². The minimum absolute atomic E-state index is 0.181. The van der Waals surface area contributed by atoms with Gasteiger partial charge in [-0.2, -0.15) is 0 Å². The zero-order valence-corrected chi connectivity index (χ0v) is 11.9. The fraction of sp³-hybridized carbons (Fsp3) is 0.833. The van der Waals surface area contributed by atoms with Gasteiger partial charge in [-0.1, -0.05) is 6.92 Å². The lowest BCUT2D eigenvalue weighted by atomic mass is 9.78. The van der Waals surface area contributed by atoms with Crippen LogP contribution in [0.25, 0.3) is 0 Å². The molecule has 1 heterocycles. The van der Waals surface area contributed by atoms with E-state index < -0.39 is 60.5 Å². The summed E-state index contributed by atoms with van der Waals surface area (Å²) in [5.41, 5.74) is 5.64. The number of aliphatic hydroxyl groups excluding tert-OH is 4. The number of aliphatic carboxylic acids is 1. The van der Waals surface area contributed by atoms with Crippen molar-refractivity contribution in [2.75, 3.05) is 6.61 Å². The average molecular weight is 323 g/mol. The highest BCUT2D eigenvalue weighted by atomic mass is 16.7. The SMILES string of the molecule is CCC(=O)C1[C@H](O)[C@@H](N)[C@H]([C@H](O)[C@H](O)CO)OC1(O)C(=O)O. The number of carbonyl (C=O) groups excluding carboxylic acids is 1. The molecule has 1 saturated heterocycles. The molecule has 7 atom stereocenters. The number of carboxylic acids is 1. The van der Waals surface area contributed by atoms with E-state index in [0.29, 0.717) is 0 Å². The summed E-state index contributed by atoms with van der Waals surface area (Å²) in [5.74, 6) is -7.69. The summed E-state index contributed by atoms with van der Waals surface area (Å²) in [4.78, 5) is 23.1. The van der Waals surface area contributed by atoms with E-state index in [1.165, 1.54) is 6.92 Å². The van der Waals surface area contributed by atoms with E-state index in [1.54, 1.807) is 0 Å². The van der Waals surface area contributed by atoms with Gasteiger partial charge in [0, 0.05) is 6.42 Å². The average Bonchev–Trinajstić information content (AvgIpc) is 2.48. The number of carboxylic acid groups (broad SMARTS) is 1. The molecule has 0 spiro atoms. The van der Waals surface area contributed by atoms with Crippen molar-refractivity contribution in [2.24, 2.45) is 11.7 Å². The fourth-order valence-corrected chi connectivity index (χ4v) is 2.44. The van der Waals surface area contributed by atoms with E-state index in [4.69, 9.17) is 20.7 Å². The van der Waals surface area contributed by atoms with Crippen molar-refractivity contribution in [3.63, 3.8) is 0 Å². The van der Waals surface area contributed by atoms with Gasteiger partial charge in [-0.05, 0) is 0 Å². The first-order chi connectivity index (χ1) is 10.1. The molecule has 0 aliphatic carbocycles. The second-order valence-electron chi connectivity index (χ2n) is 5.19. The molecule has 2 unspecified atom stereocenters. The van der Waals surface area contributed by atoms with Crippen molar-refractivity contribution in [1.29, 1.82) is 0 Å². The van der Waals surface area contributed by atoms with Crippen molar-refractivity contribution >= 4 is 11.8 Å². The van der Waals surface area contributed by atoms with Gasteiger partial charge in [0.25, 0.3) is 5.79 Å². The van der Waals surface area contributed by atoms with Gasteiger partial charge in [-0.25, -0.2) is 4.79 Å². The molecule has 0 aromatic carbocycles. The Balaban J connectivity index is 3.22. The number of aliphatic hydroxyl groups is 5. The summed E-state index contributed by atoms with van der Waals surface area (Å²) >= 11 is 0. The summed E-state index contributed by atoms with van der Waals surface area (Å²) < 4.78 is 4.87. The molecule has 0 radical (unpaired) electrons. The molecule has 0 saturated carbocycles. The standard InChI is InChI=1S/C12H21NO9/c1-2-4(15)6-9(18)7(13)10(8(17)5(16)3-14)22-12(6,21)11(19)20/h5-10,14,16-18,21H,2-3,13H2,1H3,(H,19,20)/t5-,6?,7-,8-,9+,10-,12?/m1/s1. The zero-order chi connectivity index (χ0) is 17.2. The molecule has 10 nitrogen and oxygen atoms in total. The van der Waals surface area contributed by atoms with Crippen molar-refractivity contribution in [3.05, 3.63) is 0 Å². The highest BCUT2D eigenvalue weighted by Crippen LogP contribution is 2.35. The first-order valence-electron chi connectivity index (χ1n) is 6.68. The van der Waals surface area contributed by atoms with Crippen LogP contribution in [0.3, 0.4) is 0 Å². The van der Waals surface area contributed by atoms with Gasteiger partial charge in [0.15, 0.2) is 0 Å². The van der Waals surface area contributed by atoms with E-state index in [0.717, 1.165) is 0 Å². The van der Waals surface area contributed by atoms with E-state index in [9.17, 15) is 30.0 Å². The number of hydrogen-bond acceptors (Lipinski definition) is 9. The predicted octanol–water partition coefficient (Wildman–Crippen LogP) is -3.84. The van der Waals surface area contributed by atoms with Crippen LogP contribution in [0.2, 0.25) is 0 Å². The lowest BCUT2D eigenvalue weighted by Gasteiger charge is -2.47. The highest BCUT2D eigenvalue weighted by Gasteiger charge is 2.61. The molecule has 22 heavy (non-hydrogen) atoms. The predicted molar refractivity (Wildman–Crippen MR) is 69.3 cm³/mol. The monoisotopic (exact) mass is 323 g/mol. The molecular weight excluding hydrogens is 302 g/mol. The van der Waals surface area contributed by atoms with Crippen LogP contribution in [0, 0.1) is 5.92 Å². The molecule has 0 aromatic heterocycles. The molecule has 8 N–H and O–H groups in total. The minimum Gasteiger partial charge on any atom is -0.477 e. The Morgan fingerprint density at radius 1 is 1.36 bits per heavy atom. The van der Waals surface area contributed by atoms with Gasteiger partial charge in [0.2, 0.25) is 0 Å². The fourth-order valence-electron chi connectivity index (χ4n) is 2.44. The summed E-state index contributed by atoms with van der Waals surface area (Å²) in [6, 6.07) is -1.46. The van der Waals surface area contributed by atoms with Gasteiger partial charge in [-0.15, -0.1) is 0 Å². The van der Waals surface area contributed by atoms with Gasteiger partial charge in [-0.3, -0.25) is 4.79 Å². The van der Waals surface area contributed by atoms with Gasteiger partial charge in [0.05, 0.1) is 18.8 Å². The molecule has 1 rings (SSSR count). The normalized spacial score (nSPS) is 38.3. The van der Waals surface area contributed by atoms with Crippen molar-refractivity contribution in [2.45, 2.75) is 49.6 Å². The van der Waals surface area contributed by atoms with Crippen LogP contribution in [0.1, 0.15) is 13.3 Å². The highest BCUT2D eigenvalue weighted by molar-refractivity contribution is 5.89. The molecular formula is C12H21NO9. The molecule has 128 valence electrons. The lowest BCUT2D eigenvalue weighted by Crippen LogP contribution is -2.71. The number of Topliss-reactive ketones (excluding diaryl/α,β-unsaturated/α-hetero) is 1. The second kappa shape index (κ2) is 6.96. The third-order valence-electron chi connectivity index (χ3n) is 3.77. The van der Waals surface area contributed by atoms with Gasteiger partial charge >= 0.3 is 5.97 Å². The van der Waals surface area contributed by atoms with Crippen molar-refractivity contribution in [3.8, 4) is 0 Å². The maximum absolute atomic E-state index is 11.8. The largest absolute Gasteiger partial charge is 0.477 e. The molecule has 0 bridgehead atoms. The van der Waals surface area contributed by atoms with Crippen LogP contribution in [0.4, 0.5) is 0 Å². The quantitative estimate of drug-likeness (QED) is 0.255. The zero-order valence-electron chi connectivity index (χ0n) is 11.9. The summed E-state index contributed by atoms with van der Waals surface area (Å²) in [6.07, 6.45) is -7.33. The Hall–Kier alpha value is -1.14. The van der Waals surface area contributed by atoms with E-state index >= 15 is 0 Å². The minimum atomic E-state index is -3.11. The summed E-state index contributed by atoms with van der Waals surface area (Å²) in [5, 5.41) is 57.4. The molecule has 1 fully saturated rings. The molecule has 1 aliphatic rings. The number of rotatable bonds is 6. The van der Waals surface area contributed by atoms with Crippen molar-refractivity contribution < 1.29 is 45.0 Å². The lowest BCUT2D eigenvalue weighted by molar-refractivity contribution is -0.311. The molecule has 0 aromatic rings. The maximum Gasteiger partial charge on any atom is 0.365 e. The molecule has 10 heteroatoms. The molecule has 0 amide bonds. The number of hydrogen-bond donors (Lipinski definition) is 7. The van der Waals surface area contributed by atoms with Crippen LogP contribution < -0.4 is 5.73 Å². The first kappa shape index (κ1) is 18.9. The summed E-state index contributed by atoms with van der Waals surface area (Å²) in [6.45, 7) is 0.520. The Morgan fingerprint density at radius 2 is 1.91 bits per heavy atom. The third kappa shape index (κ3) is 3.13. The maximum atomic E-state index is 11.8. The molecule has 1 aliphatic heterocycles. The number of ether oxygens (including phenoxy) is 1. The third-order valence-corrected chi connectivity index (χ3v) is 3.77. The topological polar surface area (TPSA) is 191 Å². The Labute approximate surface area is 125 Å². The number of ketones is 1. The smallest absolute Gasteiger partial charge is 0.365 e. The van der Waals surface area contributed by atoms with E-state index in [1.807, 2.05) is 0 Å². The Morgan fingerprint density at radius 3 is 2.32 bits per heavy atom. The van der Waals surface area contributed by atoms with Crippen LogP contribution in [0.15, 0.2) is 0 Å². The Kier molecular flexibility index (Phi) is 5.98. The second-order valence-corrected chi connectivity index (χ2v) is 5.19. The summed E-state index contributed by atoms with van der Waals surface area (Å²) in [7, 11) is 0. The number of carbonyl (C=O) groups is 2. The van der Waals surface area contributed by atoms with Crippen LogP contribution in [-0.4, -0.2) is 85.2 Å². The van der Waals surface area contributed by atoms with Crippen LogP contribution >= 0.6 is 0 Å².